The SMILES string of the molecule is CCCCCCCNC(=O)Nc1ccccc1OC(=O)c1cc(C(C)(C)C)c(OC(=O)NCCCCCCC)c(C(C)(C)C)c1. The summed E-state index contributed by atoms with van der Waals surface area (Å²) in [5.41, 5.74) is 1.29. The minimum absolute atomic E-state index is 0.244. The van der Waals surface area contributed by atoms with Crippen LogP contribution in [-0.2, 0) is 10.8 Å². The van der Waals surface area contributed by atoms with Crippen molar-refractivity contribution in [3.05, 3.63) is 53.1 Å². The van der Waals surface area contributed by atoms with Gasteiger partial charge in [0, 0.05) is 24.2 Å². The summed E-state index contributed by atoms with van der Waals surface area (Å²) in [5.74, 6) is 0.136. The van der Waals surface area contributed by atoms with Crippen LogP contribution in [0.4, 0.5) is 15.3 Å². The quantitative estimate of drug-likeness (QED) is 0.0981. The van der Waals surface area contributed by atoms with E-state index in [2.05, 4.69) is 29.8 Å². The highest BCUT2D eigenvalue weighted by atomic mass is 16.6. The number of unbranched alkanes of at least 4 members (excludes halogenated alkanes) is 8. The van der Waals surface area contributed by atoms with Gasteiger partial charge < -0.3 is 25.4 Å². The van der Waals surface area contributed by atoms with Crippen molar-refractivity contribution in [1.82, 2.24) is 10.6 Å². The Hall–Kier alpha value is -3.55. The molecule has 0 aliphatic heterocycles. The molecule has 3 amide bonds. The predicted molar refractivity (Wildman–Crippen MR) is 184 cm³/mol. The third kappa shape index (κ3) is 13.1. The van der Waals surface area contributed by atoms with E-state index in [1.807, 2.05) is 41.5 Å². The van der Waals surface area contributed by atoms with Crippen molar-refractivity contribution >= 4 is 23.8 Å². The molecule has 0 aliphatic carbocycles. The van der Waals surface area contributed by atoms with Crippen LogP contribution in [0.15, 0.2) is 36.4 Å². The van der Waals surface area contributed by atoms with Crippen LogP contribution in [0, 0.1) is 0 Å². The van der Waals surface area contributed by atoms with Gasteiger partial charge in [0.15, 0.2) is 5.75 Å². The van der Waals surface area contributed by atoms with Gasteiger partial charge in [-0.3, -0.25) is 0 Å². The first kappa shape index (κ1) is 37.6. The normalized spacial score (nSPS) is 11.6. The first-order chi connectivity index (χ1) is 21.3. The summed E-state index contributed by atoms with van der Waals surface area (Å²) in [6, 6.07) is 10.0. The van der Waals surface area contributed by atoms with Crippen LogP contribution in [0.5, 0.6) is 11.5 Å². The molecule has 0 fully saturated rings. The second-order valence-corrected chi connectivity index (χ2v) is 13.8. The Balaban J connectivity index is 2.25. The van der Waals surface area contributed by atoms with Gasteiger partial charge in [0.05, 0.1) is 11.3 Å². The van der Waals surface area contributed by atoms with Crippen molar-refractivity contribution in [3.63, 3.8) is 0 Å². The molecule has 2 aromatic carbocycles. The molecule has 8 heteroatoms. The summed E-state index contributed by atoms with van der Waals surface area (Å²) in [6.45, 7) is 17.6. The van der Waals surface area contributed by atoms with Gasteiger partial charge in [0.2, 0.25) is 0 Å². The van der Waals surface area contributed by atoms with Crippen LogP contribution >= 0.6 is 0 Å². The molecule has 8 nitrogen and oxygen atoms in total. The highest BCUT2D eigenvalue weighted by Gasteiger charge is 2.31. The molecule has 0 aliphatic rings. The maximum Gasteiger partial charge on any atom is 0.412 e. The Bertz CT molecular complexity index is 1210. The minimum Gasteiger partial charge on any atom is -0.421 e. The molecule has 0 aromatic heterocycles. The summed E-state index contributed by atoms with van der Waals surface area (Å²) in [6.07, 6.45) is 10.5. The Morgan fingerprint density at radius 3 is 1.71 bits per heavy atom. The second-order valence-electron chi connectivity index (χ2n) is 13.8. The molecular formula is C37H57N3O5. The first-order valence-electron chi connectivity index (χ1n) is 16.8. The van der Waals surface area contributed by atoms with Gasteiger partial charge in [-0.15, -0.1) is 0 Å². The van der Waals surface area contributed by atoms with E-state index in [4.69, 9.17) is 9.47 Å². The number of nitrogens with one attached hydrogen (secondary N) is 3. The lowest BCUT2D eigenvalue weighted by Gasteiger charge is -2.30. The van der Waals surface area contributed by atoms with E-state index < -0.39 is 22.9 Å². The third-order valence-electron chi connectivity index (χ3n) is 7.59. The number of carbonyl (C=O) groups is 3. The van der Waals surface area contributed by atoms with Crippen LogP contribution in [0.1, 0.15) is 141 Å². The van der Waals surface area contributed by atoms with Crippen molar-refractivity contribution < 1.29 is 23.9 Å². The smallest absolute Gasteiger partial charge is 0.412 e. The minimum atomic E-state index is -0.570. The van der Waals surface area contributed by atoms with Crippen molar-refractivity contribution in [1.29, 1.82) is 0 Å². The molecule has 2 aromatic rings. The Labute approximate surface area is 271 Å². The zero-order valence-electron chi connectivity index (χ0n) is 29.0. The maximum atomic E-state index is 13.6. The van der Waals surface area contributed by atoms with Crippen LogP contribution in [0.3, 0.4) is 0 Å². The summed E-state index contributed by atoms with van der Waals surface area (Å²) in [4.78, 5) is 39.1. The summed E-state index contributed by atoms with van der Waals surface area (Å²) >= 11 is 0. The van der Waals surface area contributed by atoms with Gasteiger partial charge in [-0.2, -0.15) is 0 Å². The number of esters is 1. The lowest BCUT2D eigenvalue weighted by molar-refractivity contribution is 0.0735. The maximum absolute atomic E-state index is 13.6. The van der Waals surface area contributed by atoms with Gasteiger partial charge in [-0.05, 0) is 47.9 Å². The fraction of sp³-hybridized carbons (Fsp3) is 0.595. The van der Waals surface area contributed by atoms with E-state index in [0.717, 1.165) is 49.7 Å². The van der Waals surface area contributed by atoms with Crippen molar-refractivity contribution in [2.45, 2.75) is 130 Å². The lowest BCUT2D eigenvalue weighted by Crippen LogP contribution is -2.31. The first-order valence-corrected chi connectivity index (χ1v) is 16.8. The topological polar surface area (TPSA) is 106 Å². The molecule has 45 heavy (non-hydrogen) atoms. The van der Waals surface area contributed by atoms with E-state index in [9.17, 15) is 14.4 Å². The van der Waals surface area contributed by atoms with Crippen LogP contribution < -0.4 is 25.4 Å². The Kier molecular flexibility index (Phi) is 15.4. The molecule has 0 heterocycles. The molecule has 0 saturated carbocycles. The predicted octanol–water partition coefficient (Wildman–Crippen LogP) is 9.65. The van der Waals surface area contributed by atoms with Gasteiger partial charge in [0.25, 0.3) is 0 Å². The van der Waals surface area contributed by atoms with E-state index in [1.165, 1.54) is 25.7 Å². The number of ether oxygens (including phenoxy) is 2. The average molecular weight is 624 g/mol. The van der Waals surface area contributed by atoms with Crippen molar-refractivity contribution in [3.8, 4) is 11.5 Å². The van der Waals surface area contributed by atoms with Gasteiger partial charge >= 0.3 is 18.1 Å². The number of rotatable bonds is 16. The van der Waals surface area contributed by atoms with Gasteiger partial charge in [-0.25, -0.2) is 14.4 Å². The number of amides is 3. The molecule has 0 unspecified atom stereocenters. The number of benzene rings is 2. The van der Waals surface area contributed by atoms with E-state index in [1.54, 1.807) is 36.4 Å². The van der Waals surface area contributed by atoms with Crippen LogP contribution in [0.25, 0.3) is 0 Å². The fourth-order valence-electron chi connectivity index (χ4n) is 4.93. The standard InChI is InChI=1S/C37H57N3O5/c1-9-11-13-15-19-23-38-34(42)40-30-21-17-18-22-31(30)44-33(41)27-25-28(36(3,4)5)32(29(26-27)37(6,7)8)45-35(43)39-24-20-16-14-12-10-2/h17-18,21-22,25-26H,9-16,19-20,23-24H2,1-8H3,(H,39,43)(H2,38,40,42). The van der Waals surface area contributed by atoms with E-state index in [-0.39, 0.29) is 11.8 Å². The zero-order valence-corrected chi connectivity index (χ0v) is 29.0. The highest BCUT2D eigenvalue weighted by Crippen LogP contribution is 2.41. The van der Waals surface area contributed by atoms with Crippen molar-refractivity contribution in [2.24, 2.45) is 0 Å². The van der Waals surface area contributed by atoms with Gasteiger partial charge in [-0.1, -0.05) is 119 Å². The van der Waals surface area contributed by atoms with Crippen LogP contribution in [0.2, 0.25) is 0 Å². The molecule has 0 saturated heterocycles. The van der Waals surface area contributed by atoms with Crippen molar-refractivity contribution in [2.75, 3.05) is 18.4 Å². The largest absolute Gasteiger partial charge is 0.421 e. The second kappa shape index (κ2) is 18.4. The zero-order chi connectivity index (χ0) is 33.5. The third-order valence-corrected chi connectivity index (χ3v) is 7.59. The molecule has 0 radical (unpaired) electrons. The molecule has 3 N–H and O–H groups in total. The number of hydrogen-bond acceptors (Lipinski definition) is 5. The Morgan fingerprint density at radius 1 is 0.667 bits per heavy atom. The molecule has 0 atom stereocenters. The van der Waals surface area contributed by atoms with E-state index in [0.29, 0.717) is 30.1 Å². The number of hydrogen-bond donors (Lipinski definition) is 3. The molecule has 2 rings (SSSR count). The monoisotopic (exact) mass is 623 g/mol. The number of anilines is 1. The Morgan fingerprint density at radius 2 is 1.18 bits per heavy atom. The summed E-state index contributed by atoms with van der Waals surface area (Å²) in [7, 11) is 0. The average Bonchev–Trinajstić information content (AvgIpc) is 2.96. The number of urea groups is 1. The number of carbonyl (C=O) groups excluding carboxylic acids is 3. The van der Waals surface area contributed by atoms with Crippen LogP contribution in [-0.4, -0.2) is 31.2 Å². The molecular weight excluding hydrogens is 566 g/mol. The number of para-hydroxylation sites is 2. The summed E-state index contributed by atoms with van der Waals surface area (Å²) in [5, 5.41) is 8.58. The van der Waals surface area contributed by atoms with E-state index >= 15 is 0 Å². The molecule has 0 spiro atoms. The molecule has 250 valence electrons. The highest BCUT2D eigenvalue weighted by molar-refractivity contribution is 5.95. The lowest BCUT2D eigenvalue weighted by atomic mass is 9.78. The summed E-state index contributed by atoms with van der Waals surface area (Å²) < 4.78 is 11.8. The fourth-order valence-corrected chi connectivity index (χ4v) is 4.93. The molecule has 0 bridgehead atoms. The van der Waals surface area contributed by atoms with Gasteiger partial charge in [0.1, 0.15) is 5.75 Å².